The van der Waals surface area contributed by atoms with Gasteiger partial charge in [-0.05, 0) is 30.5 Å². The molecule has 29 heavy (non-hydrogen) atoms. The minimum atomic E-state index is -0.845. The Bertz CT molecular complexity index is 933. The van der Waals surface area contributed by atoms with Crippen LogP contribution in [0.5, 0.6) is 0 Å². The van der Waals surface area contributed by atoms with Gasteiger partial charge in [0.2, 0.25) is 0 Å². The van der Waals surface area contributed by atoms with Gasteiger partial charge in [0.15, 0.2) is 12.4 Å². The zero-order chi connectivity index (χ0) is 21.4. The second kappa shape index (κ2) is 10.3. The van der Waals surface area contributed by atoms with E-state index in [2.05, 4.69) is 5.32 Å². The molecule has 2 aromatic rings. The Hall–Kier alpha value is -3.27. The fourth-order valence-electron chi connectivity index (χ4n) is 2.30. The third-order valence-corrected chi connectivity index (χ3v) is 4.51. The Morgan fingerprint density at radius 2 is 1.83 bits per heavy atom. The van der Waals surface area contributed by atoms with Gasteiger partial charge in [-0.1, -0.05) is 12.1 Å². The number of nitro groups is 1. The van der Waals surface area contributed by atoms with Crippen LogP contribution in [0.2, 0.25) is 0 Å². The summed E-state index contributed by atoms with van der Waals surface area (Å²) >= 11 is 1.54. The topological polar surface area (TPSA) is 116 Å². The zero-order valence-electron chi connectivity index (χ0n) is 15.3. The van der Waals surface area contributed by atoms with Gasteiger partial charge in [-0.3, -0.25) is 24.5 Å². The number of esters is 1. The average Bonchev–Trinajstić information content (AvgIpc) is 2.71. The molecule has 0 radical (unpaired) electrons. The minimum Gasteiger partial charge on any atom is -0.456 e. The van der Waals surface area contributed by atoms with Crippen LogP contribution in [0.25, 0.3) is 0 Å². The number of amides is 1. The first kappa shape index (κ1) is 22.0. The van der Waals surface area contributed by atoms with E-state index in [4.69, 9.17) is 4.74 Å². The molecule has 2 aromatic carbocycles. The number of nitrogens with zero attached hydrogens (tertiary/aromatic N) is 1. The third-order valence-electron chi connectivity index (χ3n) is 3.76. The van der Waals surface area contributed by atoms with Gasteiger partial charge in [0.25, 0.3) is 11.6 Å². The Morgan fingerprint density at radius 3 is 2.45 bits per heavy atom. The number of Topliss-reactive ketones (excluding diaryl/α,β-unsaturated/α-hetero) is 1. The second-order valence-electron chi connectivity index (χ2n) is 5.78. The van der Waals surface area contributed by atoms with E-state index in [1.54, 1.807) is 36.0 Å². The maximum Gasteiger partial charge on any atom is 0.306 e. The van der Waals surface area contributed by atoms with Crippen LogP contribution in [0, 0.1) is 15.9 Å². The number of hydrogen-bond donors (Lipinski definition) is 1. The van der Waals surface area contributed by atoms with E-state index in [-0.39, 0.29) is 24.3 Å². The van der Waals surface area contributed by atoms with Crippen molar-refractivity contribution in [3.05, 3.63) is 64.0 Å². The number of benzene rings is 2. The van der Waals surface area contributed by atoms with E-state index in [1.165, 1.54) is 0 Å². The SMILES string of the molecule is CSc1ccc(C(=O)CCC(=O)OCC(=O)Nc2ccc(F)cc2[N+](=O)[O-])cc1. The molecule has 0 spiro atoms. The van der Waals surface area contributed by atoms with Gasteiger partial charge < -0.3 is 10.1 Å². The van der Waals surface area contributed by atoms with E-state index in [0.717, 1.165) is 17.0 Å². The van der Waals surface area contributed by atoms with E-state index >= 15 is 0 Å². The fourth-order valence-corrected chi connectivity index (χ4v) is 2.71. The number of carbonyl (C=O) groups is 3. The highest BCUT2D eigenvalue weighted by molar-refractivity contribution is 7.98. The van der Waals surface area contributed by atoms with Crippen molar-refractivity contribution < 1.29 is 28.4 Å². The summed E-state index contributed by atoms with van der Waals surface area (Å²) in [6.07, 6.45) is 1.62. The number of ether oxygens (including phenoxy) is 1. The van der Waals surface area contributed by atoms with Crippen molar-refractivity contribution in [3.8, 4) is 0 Å². The Balaban J connectivity index is 1.80. The van der Waals surface area contributed by atoms with Gasteiger partial charge in [-0.15, -0.1) is 11.8 Å². The third kappa shape index (κ3) is 6.68. The van der Waals surface area contributed by atoms with E-state index < -0.39 is 34.9 Å². The molecule has 0 fully saturated rings. The Labute approximate surface area is 169 Å². The zero-order valence-corrected chi connectivity index (χ0v) is 16.2. The first-order valence-electron chi connectivity index (χ1n) is 8.37. The molecule has 0 aliphatic rings. The monoisotopic (exact) mass is 420 g/mol. The van der Waals surface area contributed by atoms with Crippen molar-refractivity contribution in [1.82, 2.24) is 0 Å². The van der Waals surface area contributed by atoms with Crippen molar-refractivity contribution >= 4 is 40.8 Å². The van der Waals surface area contributed by atoms with Crippen molar-refractivity contribution in [1.29, 1.82) is 0 Å². The lowest BCUT2D eigenvalue weighted by atomic mass is 10.1. The number of nitrogens with one attached hydrogen (secondary N) is 1. The molecule has 0 bridgehead atoms. The van der Waals surface area contributed by atoms with Crippen LogP contribution in [-0.4, -0.2) is 35.4 Å². The summed E-state index contributed by atoms with van der Waals surface area (Å²) in [6.45, 7) is -0.691. The molecule has 0 aliphatic carbocycles. The first-order valence-corrected chi connectivity index (χ1v) is 9.59. The first-order chi connectivity index (χ1) is 13.8. The predicted molar refractivity (Wildman–Crippen MR) is 104 cm³/mol. The fraction of sp³-hybridized carbons (Fsp3) is 0.211. The van der Waals surface area contributed by atoms with Crippen LogP contribution in [0.3, 0.4) is 0 Å². The lowest BCUT2D eigenvalue weighted by Crippen LogP contribution is -2.21. The largest absolute Gasteiger partial charge is 0.456 e. The lowest BCUT2D eigenvalue weighted by molar-refractivity contribution is -0.384. The molecular weight excluding hydrogens is 403 g/mol. The molecular formula is C19H17FN2O6S. The number of rotatable bonds is 9. The second-order valence-corrected chi connectivity index (χ2v) is 6.66. The van der Waals surface area contributed by atoms with Gasteiger partial charge in [-0.2, -0.15) is 0 Å². The highest BCUT2D eigenvalue weighted by Crippen LogP contribution is 2.24. The van der Waals surface area contributed by atoms with Gasteiger partial charge in [0, 0.05) is 16.9 Å². The van der Waals surface area contributed by atoms with Crippen LogP contribution in [0.15, 0.2) is 47.4 Å². The number of hydrogen-bond acceptors (Lipinski definition) is 7. The van der Waals surface area contributed by atoms with Gasteiger partial charge >= 0.3 is 5.97 Å². The molecule has 0 heterocycles. The molecule has 1 N–H and O–H groups in total. The molecule has 2 rings (SSSR count). The van der Waals surface area contributed by atoms with E-state index in [1.807, 2.05) is 6.26 Å². The van der Waals surface area contributed by atoms with Crippen molar-refractivity contribution in [2.24, 2.45) is 0 Å². The van der Waals surface area contributed by atoms with E-state index in [0.29, 0.717) is 11.6 Å². The van der Waals surface area contributed by atoms with Crippen molar-refractivity contribution in [2.45, 2.75) is 17.7 Å². The van der Waals surface area contributed by atoms with Crippen LogP contribution >= 0.6 is 11.8 Å². The smallest absolute Gasteiger partial charge is 0.306 e. The highest BCUT2D eigenvalue weighted by atomic mass is 32.2. The predicted octanol–water partition coefficient (Wildman–Crippen LogP) is 3.60. The molecule has 0 saturated carbocycles. The summed E-state index contributed by atoms with van der Waals surface area (Å²) in [6, 6.07) is 9.59. The molecule has 0 aliphatic heterocycles. The maximum atomic E-state index is 13.1. The standard InChI is InChI=1S/C19H17FN2O6S/c1-29-14-5-2-12(3-6-14)17(23)8-9-19(25)28-11-18(24)21-15-7-4-13(20)10-16(15)22(26)27/h2-7,10H,8-9,11H2,1H3,(H,21,24). The molecule has 152 valence electrons. The van der Waals surface area contributed by atoms with Crippen LogP contribution in [0.4, 0.5) is 15.8 Å². The number of anilines is 1. The van der Waals surface area contributed by atoms with Crippen LogP contribution in [0.1, 0.15) is 23.2 Å². The molecule has 0 saturated heterocycles. The molecule has 0 aromatic heterocycles. The van der Waals surface area contributed by atoms with Crippen LogP contribution < -0.4 is 5.32 Å². The number of thioether (sulfide) groups is 1. The lowest BCUT2D eigenvalue weighted by Gasteiger charge is -2.07. The Morgan fingerprint density at radius 1 is 1.14 bits per heavy atom. The normalized spacial score (nSPS) is 10.3. The molecule has 1 amide bonds. The molecule has 0 atom stereocenters. The van der Waals surface area contributed by atoms with Gasteiger partial charge in [-0.25, -0.2) is 4.39 Å². The summed E-state index contributed by atoms with van der Waals surface area (Å²) in [4.78, 5) is 46.7. The molecule has 10 heteroatoms. The quantitative estimate of drug-likeness (QED) is 0.217. The minimum absolute atomic E-state index is 0.0809. The maximum absolute atomic E-state index is 13.1. The van der Waals surface area contributed by atoms with Gasteiger partial charge in [0.05, 0.1) is 17.4 Å². The number of carbonyl (C=O) groups excluding carboxylic acids is 3. The average molecular weight is 420 g/mol. The van der Waals surface area contributed by atoms with Crippen LogP contribution in [-0.2, 0) is 14.3 Å². The number of halogens is 1. The van der Waals surface area contributed by atoms with Gasteiger partial charge in [0.1, 0.15) is 11.5 Å². The molecule has 0 unspecified atom stereocenters. The number of nitro benzene ring substituents is 1. The Kier molecular flexibility index (Phi) is 7.84. The summed E-state index contributed by atoms with van der Waals surface area (Å²) in [5.74, 6) is -2.65. The summed E-state index contributed by atoms with van der Waals surface area (Å²) < 4.78 is 17.9. The molecule has 8 nitrogen and oxygen atoms in total. The summed E-state index contributed by atoms with van der Waals surface area (Å²) in [5.41, 5.74) is -0.374. The van der Waals surface area contributed by atoms with Crippen molar-refractivity contribution in [2.75, 3.05) is 18.2 Å². The van der Waals surface area contributed by atoms with Crippen molar-refractivity contribution in [3.63, 3.8) is 0 Å². The number of ketones is 1. The summed E-state index contributed by atoms with van der Waals surface area (Å²) in [7, 11) is 0. The highest BCUT2D eigenvalue weighted by Gasteiger charge is 2.18. The van der Waals surface area contributed by atoms with E-state index in [9.17, 15) is 28.9 Å². The summed E-state index contributed by atoms with van der Waals surface area (Å²) in [5, 5.41) is 13.1.